The molecule has 1 unspecified atom stereocenters. The Hall–Kier alpha value is -1.89. The van der Waals surface area contributed by atoms with Crippen LogP contribution in [-0.4, -0.2) is 29.4 Å². The average molecular weight is 336 g/mol. The molecular formula is C16H26N4O3. The van der Waals surface area contributed by atoms with Crippen LogP contribution in [0, 0.1) is 0 Å². The molecule has 0 spiro atoms. The van der Waals surface area contributed by atoms with E-state index in [1.165, 1.54) is 10.9 Å². The zero-order valence-electron chi connectivity index (χ0n) is 23.7. The molecule has 0 aliphatic rings. The zero-order valence-corrected chi connectivity index (χ0v) is 12.7. The monoisotopic (exact) mass is 336 g/mol. The van der Waals surface area contributed by atoms with Crippen molar-refractivity contribution in [1.29, 1.82) is 0 Å². The van der Waals surface area contributed by atoms with Gasteiger partial charge in [0.15, 0.2) is 11.2 Å². The zero-order chi connectivity index (χ0) is 26.5. The second-order valence-electron chi connectivity index (χ2n) is 5.18. The van der Waals surface area contributed by atoms with Crippen LogP contribution in [0.15, 0.2) is 15.9 Å². The number of hydrogen-bond acceptors (Lipinski definition) is 4. The summed E-state index contributed by atoms with van der Waals surface area (Å²) in [6.45, 7) is -8.66. The van der Waals surface area contributed by atoms with Gasteiger partial charge < -0.3 is 9.67 Å². The largest absolute Gasteiger partial charge is 0.390 e. The van der Waals surface area contributed by atoms with Crippen molar-refractivity contribution in [2.45, 2.75) is 65.0 Å². The summed E-state index contributed by atoms with van der Waals surface area (Å²) >= 11 is 0. The first kappa shape index (κ1) is 7.79. The fourth-order valence-electron chi connectivity index (χ4n) is 2.29. The number of aromatic nitrogens is 4. The molecule has 0 aliphatic heterocycles. The molecule has 128 valence electrons. The molecule has 1 N–H and O–H groups in total. The van der Waals surface area contributed by atoms with Crippen LogP contribution in [0.5, 0.6) is 0 Å². The Balaban J connectivity index is 2.55. The first-order valence-electron chi connectivity index (χ1n) is 12.7. The molecule has 0 aromatic carbocycles. The highest BCUT2D eigenvalue weighted by Crippen LogP contribution is 2.12. The van der Waals surface area contributed by atoms with Crippen molar-refractivity contribution in [2.75, 3.05) is 0 Å². The van der Waals surface area contributed by atoms with E-state index in [0.717, 1.165) is 0 Å². The van der Waals surface area contributed by atoms with Crippen molar-refractivity contribution in [2.24, 2.45) is 6.98 Å². The lowest BCUT2D eigenvalue weighted by Gasteiger charge is -2.16. The number of aryl methyl sites for hydroxylation is 2. The van der Waals surface area contributed by atoms with Gasteiger partial charge in [0.2, 0.25) is 0 Å². The van der Waals surface area contributed by atoms with Gasteiger partial charge in [-0.15, -0.1) is 0 Å². The summed E-state index contributed by atoms with van der Waals surface area (Å²) in [6.07, 6.45) is -2.69. The van der Waals surface area contributed by atoms with Crippen LogP contribution in [0.3, 0.4) is 0 Å². The van der Waals surface area contributed by atoms with Gasteiger partial charge in [-0.25, -0.2) is 9.78 Å². The van der Waals surface area contributed by atoms with E-state index in [1.54, 1.807) is 0 Å². The van der Waals surface area contributed by atoms with Crippen LogP contribution in [0.4, 0.5) is 0 Å². The van der Waals surface area contributed by atoms with Gasteiger partial charge in [0.25, 0.3) is 5.56 Å². The van der Waals surface area contributed by atoms with Gasteiger partial charge in [-0.3, -0.25) is 13.9 Å². The molecule has 0 saturated carbocycles. The Kier molecular flexibility index (Phi) is 2.27. The first-order chi connectivity index (χ1) is 15.2. The van der Waals surface area contributed by atoms with E-state index in [-0.39, 0.29) is 11.2 Å². The molecule has 0 aliphatic carbocycles. The molecule has 1 atom stereocenters. The number of rotatable bonds is 7. The summed E-state index contributed by atoms with van der Waals surface area (Å²) in [5, 5.41) is 10.5. The lowest BCUT2D eigenvalue weighted by Crippen LogP contribution is -2.39. The van der Waals surface area contributed by atoms with E-state index in [9.17, 15) is 14.7 Å². The molecule has 0 amide bonds. The third-order valence-corrected chi connectivity index (χ3v) is 3.30. The number of nitrogens with zero attached hydrogens (tertiary/aromatic N) is 4. The highest BCUT2D eigenvalue weighted by atomic mass is 16.3. The van der Waals surface area contributed by atoms with Gasteiger partial charge in [0, 0.05) is 35.1 Å². The minimum Gasteiger partial charge on any atom is -0.390 e. The molecule has 23 heavy (non-hydrogen) atoms. The third kappa shape index (κ3) is 3.72. The van der Waals surface area contributed by atoms with Crippen LogP contribution in [0.1, 0.15) is 61.3 Å². The molecule has 0 saturated heterocycles. The van der Waals surface area contributed by atoms with Crippen LogP contribution >= 0.6 is 0 Å². The smallest absolute Gasteiger partial charge is 0.332 e. The lowest BCUT2D eigenvalue weighted by atomic mass is 10.0. The van der Waals surface area contributed by atoms with Crippen LogP contribution < -0.4 is 11.2 Å². The molecule has 0 radical (unpaired) electrons. The van der Waals surface area contributed by atoms with E-state index in [0.29, 0.717) is 22.1 Å². The number of hydrogen-bond donors (Lipinski definition) is 1. The van der Waals surface area contributed by atoms with Crippen molar-refractivity contribution >= 4 is 11.2 Å². The predicted octanol–water partition coefficient (Wildman–Crippen LogP) is 1.25. The Bertz CT molecular complexity index is 1140. The summed E-state index contributed by atoms with van der Waals surface area (Å²) in [7, 11) is 0. The average Bonchev–Trinajstić information content (AvgIpc) is 3.04. The molecule has 2 heterocycles. The van der Waals surface area contributed by atoms with Crippen LogP contribution in [0.2, 0.25) is 0 Å². The Morgan fingerprint density at radius 2 is 2.30 bits per heavy atom. The summed E-state index contributed by atoms with van der Waals surface area (Å²) in [6, 6.07) is 0. The molecular weight excluding hydrogens is 296 g/mol. The molecule has 7 heteroatoms. The van der Waals surface area contributed by atoms with Gasteiger partial charge in [0.05, 0.1) is 11.9 Å². The highest BCUT2D eigenvalue weighted by Gasteiger charge is 2.16. The minimum atomic E-state index is -3.72. The summed E-state index contributed by atoms with van der Waals surface area (Å²) < 4.78 is 85.8. The van der Waals surface area contributed by atoms with Crippen LogP contribution in [-0.2, 0) is 20.1 Å². The number of imidazole rings is 1. The second-order valence-corrected chi connectivity index (χ2v) is 5.18. The summed E-state index contributed by atoms with van der Waals surface area (Å²) in [4.78, 5) is 29.8. The Labute approximate surface area is 150 Å². The number of fused-ring (bicyclic) bond motifs is 1. The molecule has 7 nitrogen and oxygen atoms in total. The lowest BCUT2D eigenvalue weighted by molar-refractivity contribution is 0.0678. The van der Waals surface area contributed by atoms with Crippen molar-refractivity contribution in [3.8, 4) is 0 Å². The Morgan fingerprint density at radius 1 is 1.48 bits per heavy atom. The molecule has 2 aromatic heterocycles. The van der Waals surface area contributed by atoms with E-state index < -0.39 is 63.3 Å². The fourth-order valence-corrected chi connectivity index (χ4v) is 2.29. The van der Waals surface area contributed by atoms with Gasteiger partial charge in [-0.05, 0) is 39.3 Å². The molecule has 0 fully saturated rings. The SMILES string of the molecule is [2H]C([2H])([2H])n1c(=O)n(CCCC([2H])([2H])C(O)(C([2H])([2H])[2H])C([3H])([3H])[3H])c(=O)c2c1ncn2CCC. The van der Waals surface area contributed by atoms with E-state index >= 15 is 0 Å². The number of aliphatic hydroxyl groups is 1. The van der Waals surface area contributed by atoms with E-state index in [4.69, 9.17) is 15.1 Å². The molecule has 0 bridgehead atoms. The van der Waals surface area contributed by atoms with Gasteiger partial charge >= 0.3 is 5.69 Å². The normalized spacial score (nSPS) is 23.7. The van der Waals surface area contributed by atoms with Gasteiger partial charge in [-0.1, -0.05) is 6.92 Å². The Morgan fingerprint density at radius 3 is 2.96 bits per heavy atom. The van der Waals surface area contributed by atoms with E-state index in [1.807, 2.05) is 6.92 Å². The third-order valence-electron chi connectivity index (χ3n) is 3.30. The van der Waals surface area contributed by atoms with Crippen molar-refractivity contribution in [3.63, 3.8) is 0 Å². The van der Waals surface area contributed by atoms with Gasteiger partial charge in [-0.2, -0.15) is 0 Å². The quantitative estimate of drug-likeness (QED) is 0.825. The van der Waals surface area contributed by atoms with Crippen LogP contribution in [0.25, 0.3) is 11.2 Å². The molecule has 2 rings (SSSR count). The highest BCUT2D eigenvalue weighted by molar-refractivity contribution is 5.69. The first-order valence-corrected chi connectivity index (χ1v) is 7.16. The predicted molar refractivity (Wildman–Crippen MR) is 89.7 cm³/mol. The fraction of sp³-hybridized carbons (Fsp3) is 0.688. The van der Waals surface area contributed by atoms with Crippen molar-refractivity contribution in [3.05, 3.63) is 27.2 Å². The maximum atomic E-state index is 13.0. The van der Waals surface area contributed by atoms with Crippen molar-refractivity contribution in [1.82, 2.24) is 18.7 Å². The minimum absolute atomic E-state index is 0.151. The molecule has 2 aromatic rings. The standard InChI is InChI=1S/C16H26N4O3/c1-5-9-19-11-17-13-12(19)14(21)20(15(22)18(13)4)10-7-6-8-16(2,3)23/h11,23H,5-10H2,1-4H3/i2D3,3T3,4D3,8D2. The second kappa shape index (κ2) is 6.70. The van der Waals surface area contributed by atoms with E-state index in [2.05, 4.69) is 4.98 Å². The van der Waals surface area contributed by atoms with Gasteiger partial charge in [0.1, 0.15) is 0 Å². The maximum absolute atomic E-state index is 13.0. The summed E-state index contributed by atoms with van der Waals surface area (Å²) in [5.74, 6) is 0. The van der Waals surface area contributed by atoms with Crippen molar-refractivity contribution < 1.29 is 20.2 Å². The topological polar surface area (TPSA) is 82.0 Å². The maximum Gasteiger partial charge on any atom is 0.332 e. The summed E-state index contributed by atoms with van der Waals surface area (Å²) in [5.41, 5.74) is -6.33.